The summed E-state index contributed by atoms with van der Waals surface area (Å²) in [4.78, 5) is 12.9. The number of hydrogen-bond acceptors (Lipinski definition) is 3. The van der Waals surface area contributed by atoms with Crippen LogP contribution in [0.5, 0.6) is 5.75 Å². The van der Waals surface area contributed by atoms with E-state index < -0.39 is 11.4 Å². The first-order valence-electron chi connectivity index (χ1n) is 14.9. The van der Waals surface area contributed by atoms with Gasteiger partial charge in [0.2, 0.25) is 0 Å². The van der Waals surface area contributed by atoms with Crippen LogP contribution < -0.4 is 10.4 Å². The zero-order valence-corrected chi connectivity index (χ0v) is 22.4. The van der Waals surface area contributed by atoms with Crippen LogP contribution >= 0.6 is 0 Å². The van der Waals surface area contributed by atoms with E-state index in [4.69, 9.17) is 9.15 Å². The Hall–Kier alpha value is -1.84. The average molecular weight is 497 g/mol. The number of rotatable bonds is 7. The van der Waals surface area contributed by atoms with E-state index in [-0.39, 0.29) is 17.1 Å². The average Bonchev–Trinajstić information content (AvgIpc) is 2.90. The largest absolute Gasteiger partial charge is 0.490 e. The van der Waals surface area contributed by atoms with Crippen molar-refractivity contribution in [1.29, 1.82) is 0 Å². The Morgan fingerprint density at radius 2 is 1.53 bits per heavy atom. The fourth-order valence-corrected chi connectivity index (χ4v) is 7.49. The van der Waals surface area contributed by atoms with E-state index in [9.17, 15) is 4.79 Å². The van der Waals surface area contributed by atoms with Gasteiger partial charge in [-0.25, -0.2) is 9.18 Å². The van der Waals surface area contributed by atoms with Gasteiger partial charge in [-0.1, -0.05) is 58.4 Å². The summed E-state index contributed by atoms with van der Waals surface area (Å²) >= 11 is 0. The van der Waals surface area contributed by atoms with Gasteiger partial charge in [0.1, 0.15) is 11.1 Å². The Balaban J connectivity index is 1.21. The highest BCUT2D eigenvalue weighted by molar-refractivity contribution is 5.83. The van der Waals surface area contributed by atoms with Crippen molar-refractivity contribution in [2.24, 2.45) is 29.6 Å². The van der Waals surface area contributed by atoms with Gasteiger partial charge in [-0.3, -0.25) is 0 Å². The summed E-state index contributed by atoms with van der Waals surface area (Å²) < 4.78 is 27.0. The third-order valence-electron chi connectivity index (χ3n) is 9.89. The molecule has 0 unspecified atom stereocenters. The van der Waals surface area contributed by atoms with Crippen molar-refractivity contribution in [3.05, 3.63) is 40.2 Å². The topological polar surface area (TPSA) is 39.4 Å². The highest BCUT2D eigenvalue weighted by atomic mass is 19.1. The van der Waals surface area contributed by atoms with E-state index in [2.05, 4.69) is 13.8 Å². The van der Waals surface area contributed by atoms with Gasteiger partial charge in [0.05, 0.1) is 6.61 Å². The molecule has 3 aliphatic carbocycles. The molecule has 1 aromatic carbocycles. The smallest absolute Gasteiger partial charge is 0.346 e. The molecule has 3 aliphatic rings. The minimum Gasteiger partial charge on any atom is -0.490 e. The van der Waals surface area contributed by atoms with Crippen LogP contribution in [0.25, 0.3) is 10.8 Å². The van der Waals surface area contributed by atoms with E-state index in [1.807, 2.05) is 12.1 Å². The lowest BCUT2D eigenvalue weighted by molar-refractivity contribution is 0.160. The third-order valence-corrected chi connectivity index (χ3v) is 9.89. The van der Waals surface area contributed by atoms with Crippen LogP contribution in [0.15, 0.2) is 27.4 Å². The quantitative estimate of drug-likeness (QED) is 0.384. The Bertz CT molecular complexity index is 1050. The van der Waals surface area contributed by atoms with Gasteiger partial charge in [-0.15, -0.1) is 0 Å². The van der Waals surface area contributed by atoms with Crippen LogP contribution in [-0.4, -0.2) is 6.61 Å². The summed E-state index contributed by atoms with van der Waals surface area (Å²) in [5, 5.41) is 0.669. The Kier molecular flexibility index (Phi) is 8.38. The molecule has 3 fully saturated rings. The molecule has 0 radical (unpaired) electrons. The molecule has 1 aromatic heterocycles. The maximum Gasteiger partial charge on any atom is 0.346 e. The predicted octanol–water partition coefficient (Wildman–Crippen LogP) is 9.02. The highest BCUT2D eigenvalue weighted by Crippen LogP contribution is 2.44. The maximum absolute atomic E-state index is 15.3. The number of benzene rings is 1. The molecule has 0 atom stereocenters. The van der Waals surface area contributed by atoms with E-state index in [0.29, 0.717) is 17.9 Å². The SMILES string of the molecule is CCCC1CCC(COc2ccc3cc(C4CCC(C5CCC(C)CC5)CC4)oc(=O)c3c2F)CC1. The summed E-state index contributed by atoms with van der Waals surface area (Å²) in [7, 11) is 0. The first kappa shape index (κ1) is 25.8. The van der Waals surface area contributed by atoms with Gasteiger partial charge in [-0.05, 0) is 98.5 Å². The van der Waals surface area contributed by atoms with Gasteiger partial charge in [0.25, 0.3) is 0 Å². The normalized spacial score (nSPS) is 31.4. The summed E-state index contributed by atoms with van der Waals surface area (Å²) in [6, 6.07) is 5.44. The maximum atomic E-state index is 15.3. The van der Waals surface area contributed by atoms with Gasteiger partial charge in [0, 0.05) is 5.92 Å². The number of hydrogen-bond donors (Lipinski definition) is 0. The molecule has 2 aromatic rings. The van der Waals surface area contributed by atoms with Crippen LogP contribution in [0.1, 0.15) is 115 Å². The van der Waals surface area contributed by atoms with Crippen molar-refractivity contribution < 1.29 is 13.5 Å². The van der Waals surface area contributed by atoms with Crippen LogP contribution in [0.2, 0.25) is 0 Å². The van der Waals surface area contributed by atoms with Gasteiger partial charge >= 0.3 is 5.63 Å². The monoisotopic (exact) mass is 496 g/mol. The van der Waals surface area contributed by atoms with Crippen LogP contribution in [0.3, 0.4) is 0 Å². The van der Waals surface area contributed by atoms with Crippen LogP contribution in [-0.2, 0) is 0 Å². The minimum atomic E-state index is -0.567. The van der Waals surface area contributed by atoms with E-state index in [0.717, 1.165) is 55.1 Å². The molecule has 4 heteroatoms. The summed E-state index contributed by atoms with van der Waals surface area (Å²) in [6.07, 6.45) is 17.4. The first-order valence-corrected chi connectivity index (χ1v) is 14.9. The number of ether oxygens (including phenoxy) is 1. The molecular weight excluding hydrogens is 451 g/mol. The lowest BCUT2D eigenvalue weighted by Gasteiger charge is -2.37. The molecule has 5 rings (SSSR count). The lowest BCUT2D eigenvalue weighted by atomic mass is 9.69. The van der Waals surface area contributed by atoms with Crippen molar-refractivity contribution in [3.8, 4) is 5.75 Å². The highest BCUT2D eigenvalue weighted by Gasteiger charge is 2.31. The molecule has 3 saturated carbocycles. The first-order chi connectivity index (χ1) is 17.5. The zero-order valence-electron chi connectivity index (χ0n) is 22.4. The van der Waals surface area contributed by atoms with Crippen molar-refractivity contribution >= 4 is 10.8 Å². The molecule has 198 valence electrons. The summed E-state index contributed by atoms with van der Waals surface area (Å²) in [5.41, 5.74) is -0.561. The van der Waals surface area contributed by atoms with E-state index in [1.54, 1.807) is 6.07 Å². The summed E-state index contributed by atoms with van der Waals surface area (Å²) in [6.45, 7) is 5.15. The fourth-order valence-electron chi connectivity index (χ4n) is 7.49. The number of halogens is 1. The number of fused-ring (bicyclic) bond motifs is 1. The lowest BCUT2D eigenvalue weighted by Crippen LogP contribution is -2.25. The molecule has 0 bridgehead atoms. The minimum absolute atomic E-state index is 0.0351. The van der Waals surface area contributed by atoms with Gasteiger partial charge in [0.15, 0.2) is 11.6 Å². The van der Waals surface area contributed by atoms with Crippen LogP contribution in [0.4, 0.5) is 4.39 Å². The molecular formula is C32H45FO3. The molecule has 0 spiro atoms. The van der Waals surface area contributed by atoms with E-state index >= 15 is 4.39 Å². The molecule has 0 N–H and O–H groups in total. The van der Waals surface area contributed by atoms with Crippen molar-refractivity contribution in [2.75, 3.05) is 6.61 Å². The van der Waals surface area contributed by atoms with Gasteiger partial charge < -0.3 is 9.15 Å². The third kappa shape index (κ3) is 5.83. The molecule has 0 aliphatic heterocycles. The molecule has 0 saturated heterocycles. The second kappa shape index (κ2) is 11.7. The van der Waals surface area contributed by atoms with Crippen molar-refractivity contribution in [3.63, 3.8) is 0 Å². The van der Waals surface area contributed by atoms with Crippen molar-refractivity contribution in [2.45, 2.75) is 110 Å². The standard InChI is InChI=1S/C32H45FO3/c1-3-4-22-7-9-23(10-8-22)20-35-28-18-17-27-19-29(36-32(34)30(27)31(28)33)26-15-13-25(14-16-26)24-11-5-21(2)6-12-24/h17-19,21-26H,3-16,20H2,1-2H3. The molecule has 0 amide bonds. The summed E-state index contributed by atoms with van der Waals surface area (Å²) in [5.74, 6) is 4.52. The molecule has 1 heterocycles. The van der Waals surface area contributed by atoms with E-state index in [1.165, 1.54) is 64.2 Å². The second-order valence-electron chi connectivity index (χ2n) is 12.4. The van der Waals surface area contributed by atoms with Crippen molar-refractivity contribution in [1.82, 2.24) is 0 Å². The van der Waals surface area contributed by atoms with Gasteiger partial charge in [-0.2, -0.15) is 0 Å². The van der Waals surface area contributed by atoms with Crippen LogP contribution in [0, 0.1) is 35.4 Å². The molecule has 36 heavy (non-hydrogen) atoms. The second-order valence-corrected chi connectivity index (χ2v) is 12.4. The Morgan fingerprint density at radius 1 is 0.889 bits per heavy atom. The molecule has 3 nitrogen and oxygen atoms in total. The zero-order chi connectivity index (χ0) is 25.1. The fraction of sp³-hybridized carbons (Fsp3) is 0.719. The Morgan fingerprint density at radius 3 is 2.19 bits per heavy atom. The predicted molar refractivity (Wildman–Crippen MR) is 144 cm³/mol. The Labute approximate surface area is 216 Å².